The average molecular weight is 281 g/mol. The van der Waals surface area contributed by atoms with Crippen LogP contribution in [0.1, 0.15) is 18.2 Å². The molecule has 0 bridgehead atoms. The Hall–Kier alpha value is -1.39. The summed E-state index contributed by atoms with van der Waals surface area (Å²) in [6.45, 7) is 4.00. The van der Waals surface area contributed by atoms with Gasteiger partial charge in [-0.1, -0.05) is 11.6 Å². The van der Waals surface area contributed by atoms with Gasteiger partial charge in [-0.25, -0.2) is 4.39 Å². The number of pyridine rings is 1. The SMILES string of the molecule is CCNc1c2c(nc3cc(F)c(Cl)cc13)CCOC2. The van der Waals surface area contributed by atoms with Crippen molar-refractivity contribution in [1.29, 1.82) is 0 Å². The van der Waals surface area contributed by atoms with Gasteiger partial charge in [0.15, 0.2) is 0 Å². The highest BCUT2D eigenvalue weighted by atomic mass is 35.5. The molecule has 0 saturated carbocycles. The van der Waals surface area contributed by atoms with E-state index in [-0.39, 0.29) is 5.02 Å². The highest BCUT2D eigenvalue weighted by molar-refractivity contribution is 6.31. The number of hydrogen-bond acceptors (Lipinski definition) is 3. The molecule has 19 heavy (non-hydrogen) atoms. The second-order valence-corrected chi connectivity index (χ2v) is 4.94. The predicted octanol–water partition coefficient (Wildman–Crippen LogP) is 3.53. The molecule has 1 N–H and O–H groups in total. The summed E-state index contributed by atoms with van der Waals surface area (Å²) in [6, 6.07) is 3.03. The van der Waals surface area contributed by atoms with E-state index >= 15 is 0 Å². The van der Waals surface area contributed by atoms with Gasteiger partial charge in [0.1, 0.15) is 5.82 Å². The van der Waals surface area contributed by atoms with Gasteiger partial charge in [-0.3, -0.25) is 4.98 Å². The quantitative estimate of drug-likeness (QED) is 0.914. The molecule has 0 saturated heterocycles. The van der Waals surface area contributed by atoms with Crippen LogP contribution in [0.5, 0.6) is 0 Å². The van der Waals surface area contributed by atoms with Gasteiger partial charge in [-0.2, -0.15) is 0 Å². The summed E-state index contributed by atoms with van der Waals surface area (Å²) in [7, 11) is 0. The highest BCUT2D eigenvalue weighted by Crippen LogP contribution is 2.34. The minimum Gasteiger partial charge on any atom is -0.384 e. The van der Waals surface area contributed by atoms with Crippen molar-refractivity contribution in [1.82, 2.24) is 4.98 Å². The number of aromatic nitrogens is 1. The third-order valence-corrected chi connectivity index (χ3v) is 3.59. The predicted molar refractivity (Wildman–Crippen MR) is 74.2 cm³/mol. The van der Waals surface area contributed by atoms with Crippen LogP contribution in [-0.2, 0) is 17.8 Å². The molecule has 100 valence electrons. The lowest BCUT2D eigenvalue weighted by Crippen LogP contribution is -2.15. The van der Waals surface area contributed by atoms with E-state index < -0.39 is 5.82 Å². The fourth-order valence-electron chi connectivity index (χ4n) is 2.43. The van der Waals surface area contributed by atoms with Gasteiger partial charge in [0.05, 0.1) is 35.1 Å². The molecule has 1 aromatic heterocycles. The van der Waals surface area contributed by atoms with Gasteiger partial charge in [-0.05, 0) is 13.0 Å². The Kier molecular flexibility index (Phi) is 3.29. The molecule has 3 nitrogen and oxygen atoms in total. The van der Waals surface area contributed by atoms with Crippen LogP contribution < -0.4 is 5.32 Å². The molecular weight excluding hydrogens is 267 g/mol. The molecule has 0 atom stereocenters. The summed E-state index contributed by atoms with van der Waals surface area (Å²) in [5.74, 6) is -0.434. The van der Waals surface area contributed by atoms with E-state index in [0.717, 1.165) is 35.3 Å². The topological polar surface area (TPSA) is 34.2 Å². The first kappa shape index (κ1) is 12.6. The van der Waals surface area contributed by atoms with Crippen molar-refractivity contribution in [3.05, 3.63) is 34.2 Å². The first-order valence-electron chi connectivity index (χ1n) is 6.32. The van der Waals surface area contributed by atoms with Crippen molar-refractivity contribution in [3.63, 3.8) is 0 Å². The van der Waals surface area contributed by atoms with Gasteiger partial charge in [-0.15, -0.1) is 0 Å². The molecule has 2 aromatic rings. The number of fused-ring (bicyclic) bond motifs is 2. The molecule has 1 aromatic carbocycles. The smallest absolute Gasteiger partial charge is 0.143 e. The Morgan fingerprint density at radius 1 is 1.47 bits per heavy atom. The zero-order valence-corrected chi connectivity index (χ0v) is 11.4. The van der Waals surface area contributed by atoms with Crippen LogP contribution in [0, 0.1) is 5.82 Å². The number of halogens is 2. The van der Waals surface area contributed by atoms with E-state index in [1.165, 1.54) is 6.07 Å². The number of rotatable bonds is 2. The maximum atomic E-state index is 13.6. The lowest BCUT2D eigenvalue weighted by atomic mass is 10.0. The third-order valence-electron chi connectivity index (χ3n) is 3.30. The van der Waals surface area contributed by atoms with E-state index in [1.54, 1.807) is 6.07 Å². The standard InChI is InChI=1S/C14H14ClFN2O/c1-2-17-14-8-5-10(15)11(16)6-13(8)18-12-3-4-19-7-9(12)14/h5-6H,2-4,7H2,1H3,(H,17,18). The monoisotopic (exact) mass is 280 g/mol. The van der Waals surface area contributed by atoms with Crippen LogP contribution in [0.25, 0.3) is 10.9 Å². The molecule has 3 rings (SSSR count). The van der Waals surface area contributed by atoms with Crippen LogP contribution in [0.15, 0.2) is 12.1 Å². The zero-order chi connectivity index (χ0) is 13.4. The minimum absolute atomic E-state index is 0.116. The first-order valence-corrected chi connectivity index (χ1v) is 6.70. The van der Waals surface area contributed by atoms with Crippen molar-refractivity contribution in [2.75, 3.05) is 18.5 Å². The largest absolute Gasteiger partial charge is 0.384 e. The van der Waals surface area contributed by atoms with Crippen molar-refractivity contribution < 1.29 is 9.13 Å². The average Bonchev–Trinajstić information content (AvgIpc) is 2.41. The second-order valence-electron chi connectivity index (χ2n) is 4.53. The normalized spacial score (nSPS) is 14.5. The molecule has 2 heterocycles. The van der Waals surface area contributed by atoms with Gasteiger partial charge >= 0.3 is 0 Å². The van der Waals surface area contributed by atoms with Crippen molar-refractivity contribution in [3.8, 4) is 0 Å². The van der Waals surface area contributed by atoms with Crippen molar-refractivity contribution >= 4 is 28.2 Å². The fourth-order valence-corrected chi connectivity index (χ4v) is 2.60. The summed E-state index contributed by atoms with van der Waals surface area (Å²) in [5.41, 5.74) is 3.64. The molecule has 1 aliphatic heterocycles. The molecule has 1 aliphatic rings. The van der Waals surface area contributed by atoms with Crippen LogP contribution in [0.3, 0.4) is 0 Å². The number of hydrogen-bond donors (Lipinski definition) is 1. The van der Waals surface area contributed by atoms with Gasteiger partial charge in [0, 0.05) is 30.0 Å². The molecule has 0 spiro atoms. The number of benzene rings is 1. The van der Waals surface area contributed by atoms with E-state index in [9.17, 15) is 4.39 Å². The summed E-state index contributed by atoms with van der Waals surface area (Å²) >= 11 is 5.88. The summed E-state index contributed by atoms with van der Waals surface area (Å²) in [6.07, 6.45) is 0.758. The summed E-state index contributed by atoms with van der Waals surface area (Å²) in [5, 5.41) is 4.29. The van der Waals surface area contributed by atoms with Gasteiger partial charge in [0.25, 0.3) is 0 Å². The Bertz CT molecular complexity index is 645. The van der Waals surface area contributed by atoms with Crippen LogP contribution >= 0.6 is 11.6 Å². The number of nitrogens with zero attached hydrogens (tertiary/aromatic N) is 1. The fraction of sp³-hybridized carbons (Fsp3) is 0.357. The van der Waals surface area contributed by atoms with E-state index in [4.69, 9.17) is 16.3 Å². The Morgan fingerprint density at radius 2 is 2.32 bits per heavy atom. The molecular formula is C14H14ClFN2O. The Balaban J connectivity index is 2.32. The lowest BCUT2D eigenvalue weighted by molar-refractivity contribution is 0.110. The minimum atomic E-state index is -0.434. The van der Waals surface area contributed by atoms with E-state index in [0.29, 0.717) is 18.7 Å². The second kappa shape index (κ2) is 4.94. The zero-order valence-electron chi connectivity index (χ0n) is 10.6. The number of anilines is 1. The highest BCUT2D eigenvalue weighted by Gasteiger charge is 2.19. The maximum Gasteiger partial charge on any atom is 0.143 e. The van der Waals surface area contributed by atoms with E-state index in [1.807, 2.05) is 6.92 Å². The van der Waals surface area contributed by atoms with Crippen LogP contribution in [-0.4, -0.2) is 18.1 Å². The lowest BCUT2D eigenvalue weighted by Gasteiger charge is -2.21. The molecule has 0 aliphatic carbocycles. The number of ether oxygens (including phenoxy) is 1. The number of nitrogens with one attached hydrogen (secondary N) is 1. The molecule has 0 radical (unpaired) electrons. The Morgan fingerprint density at radius 3 is 3.11 bits per heavy atom. The summed E-state index contributed by atoms with van der Waals surface area (Å²) in [4.78, 5) is 4.54. The van der Waals surface area contributed by atoms with Gasteiger partial charge < -0.3 is 10.1 Å². The Labute approximate surface area is 115 Å². The van der Waals surface area contributed by atoms with Gasteiger partial charge in [0.2, 0.25) is 0 Å². The maximum absolute atomic E-state index is 13.6. The van der Waals surface area contributed by atoms with E-state index in [2.05, 4.69) is 10.3 Å². The third kappa shape index (κ3) is 2.15. The first-order chi connectivity index (χ1) is 9.20. The van der Waals surface area contributed by atoms with Crippen molar-refractivity contribution in [2.24, 2.45) is 0 Å². The molecule has 0 unspecified atom stereocenters. The van der Waals surface area contributed by atoms with Crippen LogP contribution in [0.4, 0.5) is 10.1 Å². The molecule has 0 fully saturated rings. The van der Waals surface area contributed by atoms with Crippen LogP contribution in [0.2, 0.25) is 5.02 Å². The molecule has 5 heteroatoms. The molecule has 0 amide bonds. The van der Waals surface area contributed by atoms with Crippen molar-refractivity contribution in [2.45, 2.75) is 20.0 Å². The summed E-state index contributed by atoms with van der Waals surface area (Å²) < 4.78 is 19.1.